The SMILES string of the molecule is Cc1cnsc1C(=O)Nc1csc(-c2cnc(N3CCCCC3)nc2C)c1C(=O)O. The Morgan fingerprint density at radius 3 is 2.57 bits per heavy atom. The van der Waals surface area contributed by atoms with Gasteiger partial charge < -0.3 is 15.3 Å². The maximum absolute atomic E-state index is 12.5. The summed E-state index contributed by atoms with van der Waals surface area (Å²) in [6.07, 6.45) is 6.77. The number of hydrogen-bond donors (Lipinski definition) is 2. The van der Waals surface area contributed by atoms with Gasteiger partial charge >= 0.3 is 5.97 Å². The molecule has 156 valence electrons. The number of carbonyl (C=O) groups excluding carboxylic acids is 1. The van der Waals surface area contributed by atoms with E-state index >= 15 is 0 Å². The van der Waals surface area contributed by atoms with Crippen LogP contribution in [0.2, 0.25) is 0 Å². The first-order chi connectivity index (χ1) is 14.5. The van der Waals surface area contributed by atoms with Gasteiger partial charge in [0.2, 0.25) is 5.95 Å². The number of aromatic nitrogens is 3. The van der Waals surface area contributed by atoms with Crippen molar-refractivity contribution < 1.29 is 14.7 Å². The average molecular weight is 444 g/mol. The van der Waals surface area contributed by atoms with Crippen molar-refractivity contribution in [3.63, 3.8) is 0 Å². The van der Waals surface area contributed by atoms with Crippen molar-refractivity contribution in [3.8, 4) is 10.4 Å². The number of aryl methyl sites for hydroxylation is 2. The van der Waals surface area contributed by atoms with Crippen LogP contribution in [0.3, 0.4) is 0 Å². The number of thiophene rings is 1. The lowest BCUT2D eigenvalue weighted by atomic mass is 10.1. The standard InChI is InChI=1S/C20H21N5O3S2/c1-11-8-22-30-16(11)18(26)24-14-10-29-17(15(14)19(27)28)13-9-21-20(23-12(13)2)25-6-4-3-5-7-25/h8-10H,3-7H2,1-2H3,(H,24,26)(H,27,28). The molecule has 2 N–H and O–H groups in total. The second-order valence-corrected chi connectivity index (χ2v) is 8.85. The van der Waals surface area contributed by atoms with E-state index in [1.54, 1.807) is 24.7 Å². The van der Waals surface area contributed by atoms with Crippen molar-refractivity contribution in [1.29, 1.82) is 0 Å². The topological polar surface area (TPSA) is 108 Å². The van der Waals surface area contributed by atoms with Gasteiger partial charge in [-0.25, -0.2) is 19.1 Å². The van der Waals surface area contributed by atoms with E-state index in [9.17, 15) is 14.7 Å². The van der Waals surface area contributed by atoms with Gasteiger partial charge in [-0.2, -0.15) is 0 Å². The molecule has 4 heterocycles. The van der Waals surface area contributed by atoms with E-state index in [0.29, 0.717) is 27.0 Å². The van der Waals surface area contributed by atoms with Gasteiger partial charge in [-0.1, -0.05) is 0 Å². The molecule has 0 radical (unpaired) electrons. The number of anilines is 2. The Hall–Kier alpha value is -2.85. The highest BCUT2D eigenvalue weighted by molar-refractivity contribution is 7.14. The van der Waals surface area contributed by atoms with Crippen LogP contribution in [0.5, 0.6) is 0 Å². The van der Waals surface area contributed by atoms with Crippen molar-refractivity contribution in [2.24, 2.45) is 0 Å². The number of carboxylic acid groups (broad SMARTS) is 1. The molecular weight excluding hydrogens is 422 g/mol. The lowest BCUT2D eigenvalue weighted by Gasteiger charge is -2.26. The zero-order valence-corrected chi connectivity index (χ0v) is 18.3. The zero-order chi connectivity index (χ0) is 21.3. The van der Waals surface area contributed by atoms with E-state index in [-0.39, 0.29) is 17.2 Å². The van der Waals surface area contributed by atoms with Crippen molar-refractivity contribution in [3.05, 3.63) is 39.5 Å². The number of nitrogens with one attached hydrogen (secondary N) is 1. The quantitative estimate of drug-likeness (QED) is 0.608. The largest absolute Gasteiger partial charge is 0.478 e. The van der Waals surface area contributed by atoms with E-state index in [0.717, 1.165) is 43.0 Å². The Morgan fingerprint density at radius 1 is 1.17 bits per heavy atom. The minimum atomic E-state index is -1.11. The van der Waals surface area contributed by atoms with Crippen molar-refractivity contribution in [1.82, 2.24) is 14.3 Å². The van der Waals surface area contributed by atoms with Gasteiger partial charge in [0.15, 0.2) is 0 Å². The van der Waals surface area contributed by atoms with Crippen molar-refractivity contribution >= 4 is 46.4 Å². The molecule has 1 saturated heterocycles. The van der Waals surface area contributed by atoms with E-state index in [1.165, 1.54) is 17.8 Å². The van der Waals surface area contributed by atoms with Gasteiger partial charge in [-0.15, -0.1) is 11.3 Å². The molecular formula is C20H21N5O3S2. The maximum atomic E-state index is 12.5. The lowest BCUT2D eigenvalue weighted by Crippen LogP contribution is -2.31. The molecule has 3 aromatic heterocycles. The molecule has 1 amide bonds. The minimum Gasteiger partial charge on any atom is -0.478 e. The number of carboxylic acids is 1. The van der Waals surface area contributed by atoms with Crippen LogP contribution in [0.1, 0.15) is 50.5 Å². The predicted octanol–water partition coefficient (Wildman–Crippen LogP) is 4.22. The predicted molar refractivity (Wildman–Crippen MR) is 118 cm³/mol. The summed E-state index contributed by atoms with van der Waals surface area (Å²) in [5, 5.41) is 14.2. The molecule has 0 aromatic carbocycles. The van der Waals surface area contributed by atoms with Crippen LogP contribution in [-0.4, -0.2) is 44.4 Å². The third-order valence-electron chi connectivity index (χ3n) is 5.06. The molecule has 0 aliphatic carbocycles. The van der Waals surface area contributed by atoms with Crippen LogP contribution >= 0.6 is 22.9 Å². The molecule has 10 heteroatoms. The monoisotopic (exact) mass is 443 g/mol. The highest BCUT2D eigenvalue weighted by atomic mass is 32.1. The second-order valence-electron chi connectivity index (χ2n) is 7.17. The summed E-state index contributed by atoms with van der Waals surface area (Å²) >= 11 is 2.34. The summed E-state index contributed by atoms with van der Waals surface area (Å²) in [4.78, 5) is 36.9. The van der Waals surface area contributed by atoms with E-state index in [4.69, 9.17) is 0 Å². The van der Waals surface area contributed by atoms with Gasteiger partial charge in [0.05, 0.1) is 16.3 Å². The van der Waals surface area contributed by atoms with Gasteiger partial charge in [-0.3, -0.25) is 4.79 Å². The first-order valence-electron chi connectivity index (χ1n) is 9.62. The number of rotatable bonds is 5. The van der Waals surface area contributed by atoms with Gasteiger partial charge in [0.1, 0.15) is 10.4 Å². The number of aromatic carboxylic acids is 1. The summed E-state index contributed by atoms with van der Waals surface area (Å²) in [7, 11) is 0. The fraction of sp³-hybridized carbons (Fsp3) is 0.350. The Bertz CT molecular complexity index is 1100. The zero-order valence-electron chi connectivity index (χ0n) is 16.6. The van der Waals surface area contributed by atoms with Crippen LogP contribution in [0.4, 0.5) is 11.6 Å². The molecule has 0 unspecified atom stereocenters. The first-order valence-corrected chi connectivity index (χ1v) is 11.3. The molecule has 1 aliphatic heterocycles. The van der Waals surface area contributed by atoms with E-state index in [1.807, 2.05) is 6.92 Å². The molecule has 0 atom stereocenters. The Kier molecular flexibility index (Phi) is 5.78. The number of carbonyl (C=O) groups is 2. The summed E-state index contributed by atoms with van der Waals surface area (Å²) in [6.45, 7) is 5.52. The molecule has 0 spiro atoms. The third-order valence-corrected chi connectivity index (χ3v) is 6.97. The highest BCUT2D eigenvalue weighted by Gasteiger charge is 2.24. The molecule has 1 aliphatic rings. The smallest absolute Gasteiger partial charge is 0.339 e. The van der Waals surface area contributed by atoms with Crippen LogP contribution in [0, 0.1) is 13.8 Å². The molecule has 3 aromatic rings. The Balaban J connectivity index is 1.65. The molecule has 0 bridgehead atoms. The Labute approximate surface area is 181 Å². The fourth-order valence-corrected chi connectivity index (χ4v) is 5.17. The number of amides is 1. The lowest BCUT2D eigenvalue weighted by molar-refractivity contribution is 0.0699. The number of piperidine rings is 1. The third kappa shape index (κ3) is 3.92. The number of nitrogens with zero attached hydrogens (tertiary/aromatic N) is 4. The van der Waals surface area contributed by atoms with Crippen LogP contribution in [0.25, 0.3) is 10.4 Å². The molecule has 4 rings (SSSR count). The highest BCUT2D eigenvalue weighted by Crippen LogP contribution is 2.38. The summed E-state index contributed by atoms with van der Waals surface area (Å²) in [6, 6.07) is 0. The van der Waals surface area contributed by atoms with Crippen molar-refractivity contribution in [2.45, 2.75) is 33.1 Å². The second kappa shape index (κ2) is 8.49. The fourth-order valence-electron chi connectivity index (χ4n) is 3.47. The molecule has 1 fully saturated rings. The number of hydrogen-bond acceptors (Lipinski definition) is 8. The maximum Gasteiger partial charge on any atom is 0.339 e. The molecule has 0 saturated carbocycles. The first kappa shape index (κ1) is 20.4. The summed E-state index contributed by atoms with van der Waals surface area (Å²) in [5.74, 6) is -0.795. The van der Waals surface area contributed by atoms with Crippen molar-refractivity contribution in [2.75, 3.05) is 23.3 Å². The van der Waals surface area contributed by atoms with Crippen LogP contribution in [-0.2, 0) is 0 Å². The van der Waals surface area contributed by atoms with E-state index < -0.39 is 5.97 Å². The summed E-state index contributed by atoms with van der Waals surface area (Å²) in [5.41, 5.74) is 2.44. The van der Waals surface area contributed by atoms with Crippen LogP contribution < -0.4 is 10.2 Å². The normalized spacial score (nSPS) is 14.0. The van der Waals surface area contributed by atoms with E-state index in [2.05, 4.69) is 24.6 Å². The minimum absolute atomic E-state index is 0.0490. The van der Waals surface area contributed by atoms with Gasteiger partial charge in [-0.05, 0) is 50.2 Å². The molecule has 8 nitrogen and oxygen atoms in total. The average Bonchev–Trinajstić information content (AvgIpc) is 3.34. The van der Waals surface area contributed by atoms with Gasteiger partial charge in [0, 0.05) is 36.4 Å². The summed E-state index contributed by atoms with van der Waals surface area (Å²) < 4.78 is 4.00. The van der Waals surface area contributed by atoms with Gasteiger partial charge in [0.25, 0.3) is 5.91 Å². The molecule has 30 heavy (non-hydrogen) atoms. The van der Waals surface area contributed by atoms with Crippen LogP contribution in [0.15, 0.2) is 17.8 Å². The Morgan fingerprint density at radius 2 is 1.93 bits per heavy atom.